The van der Waals surface area contributed by atoms with E-state index in [0.29, 0.717) is 42.0 Å². The van der Waals surface area contributed by atoms with Gasteiger partial charge >= 0.3 is 0 Å². The van der Waals surface area contributed by atoms with Crippen LogP contribution in [0.25, 0.3) is 0 Å². The number of carbonyl (C=O) groups excluding carboxylic acids is 2. The predicted octanol–water partition coefficient (Wildman–Crippen LogP) is 1.71. The van der Waals surface area contributed by atoms with Crippen LogP contribution in [-0.4, -0.2) is 63.3 Å². The molecule has 2 amide bonds. The number of rotatable bonds is 5. The normalized spacial score (nSPS) is 27.0. The van der Waals surface area contributed by atoms with E-state index in [-0.39, 0.29) is 24.0 Å². The predicted molar refractivity (Wildman–Crippen MR) is 100 cm³/mol. The summed E-state index contributed by atoms with van der Waals surface area (Å²) in [5.74, 6) is 1.86. The minimum Gasteiger partial charge on any atom is -0.493 e. The maximum atomic E-state index is 13.0. The van der Waals surface area contributed by atoms with Crippen molar-refractivity contribution in [1.29, 1.82) is 0 Å². The number of carbonyl (C=O) groups is 2. The van der Waals surface area contributed by atoms with E-state index in [9.17, 15) is 9.59 Å². The van der Waals surface area contributed by atoms with Crippen LogP contribution in [-0.2, 0) is 9.53 Å². The Bertz CT molecular complexity index is 708. The first-order valence-electron chi connectivity index (χ1n) is 9.28. The first-order chi connectivity index (χ1) is 13.0. The van der Waals surface area contributed by atoms with Crippen molar-refractivity contribution in [3.05, 3.63) is 23.8 Å². The average Bonchev–Trinajstić information content (AvgIpc) is 3.08. The quantitative estimate of drug-likeness (QED) is 0.847. The van der Waals surface area contributed by atoms with Crippen LogP contribution in [0.5, 0.6) is 11.5 Å². The van der Waals surface area contributed by atoms with Crippen LogP contribution < -0.4 is 14.8 Å². The molecule has 27 heavy (non-hydrogen) atoms. The maximum Gasteiger partial charge on any atom is 0.254 e. The topological polar surface area (TPSA) is 77.1 Å². The summed E-state index contributed by atoms with van der Waals surface area (Å²) in [7, 11) is 4.81. The van der Waals surface area contributed by atoms with E-state index >= 15 is 0 Å². The van der Waals surface area contributed by atoms with Gasteiger partial charge in [-0.25, -0.2) is 0 Å². The highest BCUT2D eigenvalue weighted by molar-refractivity contribution is 5.95. The standard InChI is InChI=1S/C20H28N2O5/c1-12(23)21-16-7-14-10-22(11-15(14)9-18(16)26-3)20(24)13-5-6-17(25-2)19(8-13)27-4/h5-6,8,14-16,18H,7,9-11H2,1-4H3,(H,21,23)/t14-,15+,16-,18-/m1/s1. The highest BCUT2D eigenvalue weighted by Crippen LogP contribution is 2.38. The molecule has 148 valence electrons. The SMILES string of the molecule is COc1ccc(C(=O)N2C[C@H]3C[C@@H](NC(C)=O)[C@H](OC)C[C@H]3C2)cc1OC. The van der Waals surface area contributed by atoms with Crippen LogP contribution in [0.1, 0.15) is 30.1 Å². The lowest BCUT2D eigenvalue weighted by molar-refractivity contribution is -0.121. The Hall–Kier alpha value is -2.28. The van der Waals surface area contributed by atoms with Gasteiger partial charge in [-0.15, -0.1) is 0 Å². The van der Waals surface area contributed by atoms with E-state index in [1.54, 1.807) is 39.5 Å². The number of amides is 2. The molecule has 1 aromatic carbocycles. The third-order valence-electron chi connectivity index (χ3n) is 5.73. The highest BCUT2D eigenvalue weighted by atomic mass is 16.5. The molecule has 0 bridgehead atoms. The van der Waals surface area contributed by atoms with Crippen molar-refractivity contribution in [1.82, 2.24) is 10.2 Å². The molecule has 0 radical (unpaired) electrons. The van der Waals surface area contributed by atoms with Gasteiger partial charge in [-0.3, -0.25) is 9.59 Å². The Labute approximate surface area is 160 Å². The zero-order valence-corrected chi connectivity index (χ0v) is 16.4. The zero-order chi connectivity index (χ0) is 19.6. The number of benzene rings is 1. The second-order valence-electron chi connectivity index (χ2n) is 7.35. The Kier molecular flexibility index (Phi) is 5.89. The van der Waals surface area contributed by atoms with Gasteiger partial charge in [0.1, 0.15) is 0 Å². The van der Waals surface area contributed by atoms with Crippen molar-refractivity contribution in [3.63, 3.8) is 0 Å². The summed E-state index contributed by atoms with van der Waals surface area (Å²) >= 11 is 0. The maximum absolute atomic E-state index is 13.0. The number of hydrogen-bond donors (Lipinski definition) is 1. The minimum atomic E-state index is -0.0447. The molecule has 1 aromatic rings. The first-order valence-corrected chi connectivity index (χ1v) is 9.28. The third kappa shape index (κ3) is 4.03. The Morgan fingerprint density at radius 1 is 1.04 bits per heavy atom. The lowest BCUT2D eigenvalue weighted by Gasteiger charge is -2.37. The fourth-order valence-electron chi connectivity index (χ4n) is 4.40. The van der Waals surface area contributed by atoms with E-state index in [1.165, 1.54) is 6.92 Å². The summed E-state index contributed by atoms with van der Waals surface area (Å²) in [6, 6.07) is 5.25. The molecule has 1 heterocycles. The van der Waals surface area contributed by atoms with Gasteiger partial charge in [-0.2, -0.15) is 0 Å². The number of ether oxygens (including phenoxy) is 3. The van der Waals surface area contributed by atoms with Crippen molar-refractivity contribution in [2.45, 2.75) is 31.9 Å². The Morgan fingerprint density at radius 3 is 2.30 bits per heavy atom. The first kappa shape index (κ1) is 19.5. The molecule has 1 N–H and O–H groups in total. The molecular formula is C20H28N2O5. The van der Waals surface area contributed by atoms with Gasteiger partial charge in [0.05, 0.1) is 26.4 Å². The number of nitrogens with one attached hydrogen (secondary N) is 1. The second kappa shape index (κ2) is 8.17. The van der Waals surface area contributed by atoms with Crippen LogP contribution in [0, 0.1) is 11.8 Å². The molecule has 0 unspecified atom stereocenters. The van der Waals surface area contributed by atoms with Gasteiger partial charge in [-0.1, -0.05) is 0 Å². The van der Waals surface area contributed by atoms with Crippen LogP contribution in [0.2, 0.25) is 0 Å². The van der Waals surface area contributed by atoms with Crippen molar-refractivity contribution in [2.75, 3.05) is 34.4 Å². The number of methoxy groups -OCH3 is 3. The molecule has 1 aliphatic heterocycles. The smallest absolute Gasteiger partial charge is 0.254 e. The van der Waals surface area contributed by atoms with Crippen LogP contribution in [0.4, 0.5) is 0 Å². The summed E-state index contributed by atoms with van der Waals surface area (Å²) in [5.41, 5.74) is 0.591. The number of nitrogens with zero attached hydrogens (tertiary/aromatic N) is 1. The Balaban J connectivity index is 1.72. The van der Waals surface area contributed by atoms with E-state index in [0.717, 1.165) is 12.8 Å². The minimum absolute atomic E-state index is 0.00426. The van der Waals surface area contributed by atoms with Crippen LogP contribution >= 0.6 is 0 Å². The van der Waals surface area contributed by atoms with Gasteiger partial charge in [0.2, 0.25) is 5.91 Å². The monoisotopic (exact) mass is 376 g/mol. The van der Waals surface area contributed by atoms with Crippen molar-refractivity contribution >= 4 is 11.8 Å². The largest absolute Gasteiger partial charge is 0.493 e. The molecule has 0 aromatic heterocycles. The van der Waals surface area contributed by atoms with Crippen molar-refractivity contribution < 1.29 is 23.8 Å². The summed E-state index contributed by atoms with van der Waals surface area (Å²) in [5, 5.41) is 3.00. The molecule has 1 saturated heterocycles. The fraction of sp³-hybridized carbons (Fsp3) is 0.600. The van der Waals surface area contributed by atoms with Crippen molar-refractivity contribution in [3.8, 4) is 11.5 Å². The lowest BCUT2D eigenvalue weighted by Crippen LogP contribution is -2.49. The van der Waals surface area contributed by atoms with Crippen LogP contribution in [0.15, 0.2) is 18.2 Å². The molecule has 1 saturated carbocycles. The average molecular weight is 376 g/mol. The molecule has 1 aliphatic carbocycles. The lowest BCUT2D eigenvalue weighted by atomic mass is 9.77. The Morgan fingerprint density at radius 2 is 1.70 bits per heavy atom. The summed E-state index contributed by atoms with van der Waals surface area (Å²) in [6.07, 6.45) is 1.67. The molecule has 7 nitrogen and oxygen atoms in total. The third-order valence-corrected chi connectivity index (χ3v) is 5.73. The molecular weight excluding hydrogens is 348 g/mol. The number of hydrogen-bond acceptors (Lipinski definition) is 5. The van der Waals surface area contributed by atoms with E-state index in [1.807, 2.05) is 4.90 Å². The van der Waals surface area contributed by atoms with Gasteiger partial charge in [0, 0.05) is 32.7 Å². The molecule has 0 spiro atoms. The number of likely N-dealkylation sites (tertiary alicyclic amines) is 1. The van der Waals surface area contributed by atoms with Gasteiger partial charge in [0.25, 0.3) is 5.91 Å². The molecule has 2 fully saturated rings. The number of fused-ring (bicyclic) bond motifs is 1. The summed E-state index contributed by atoms with van der Waals surface area (Å²) in [6.45, 7) is 2.94. The molecule has 2 aliphatic rings. The molecule has 7 heteroatoms. The van der Waals surface area contributed by atoms with Gasteiger partial charge in [-0.05, 0) is 42.9 Å². The van der Waals surface area contributed by atoms with Crippen molar-refractivity contribution in [2.24, 2.45) is 11.8 Å². The van der Waals surface area contributed by atoms with Gasteiger partial charge in [0.15, 0.2) is 11.5 Å². The summed E-state index contributed by atoms with van der Waals surface area (Å²) < 4.78 is 16.2. The fourth-order valence-corrected chi connectivity index (χ4v) is 4.40. The molecule has 4 atom stereocenters. The van der Waals surface area contributed by atoms with E-state index in [4.69, 9.17) is 14.2 Å². The molecule has 3 rings (SSSR count). The second-order valence-corrected chi connectivity index (χ2v) is 7.35. The van der Waals surface area contributed by atoms with E-state index < -0.39 is 0 Å². The van der Waals surface area contributed by atoms with Crippen LogP contribution in [0.3, 0.4) is 0 Å². The highest BCUT2D eigenvalue weighted by Gasteiger charge is 2.44. The van der Waals surface area contributed by atoms with E-state index in [2.05, 4.69) is 5.32 Å². The summed E-state index contributed by atoms with van der Waals surface area (Å²) in [4.78, 5) is 26.4. The zero-order valence-electron chi connectivity index (χ0n) is 16.4. The van der Waals surface area contributed by atoms with Gasteiger partial charge < -0.3 is 24.4 Å².